The predicted octanol–water partition coefficient (Wildman–Crippen LogP) is 2.10. The summed E-state index contributed by atoms with van der Waals surface area (Å²) in [6, 6.07) is 5.66. The summed E-state index contributed by atoms with van der Waals surface area (Å²) in [7, 11) is 0. The zero-order chi connectivity index (χ0) is 15.5. The van der Waals surface area contributed by atoms with E-state index in [2.05, 4.69) is 0 Å². The molecule has 1 aromatic rings. The first-order chi connectivity index (χ1) is 9.89. The fourth-order valence-electron chi connectivity index (χ4n) is 2.65. The highest BCUT2D eigenvalue weighted by molar-refractivity contribution is 5.79. The number of halogens is 3. The van der Waals surface area contributed by atoms with Crippen LogP contribution in [-0.4, -0.2) is 41.8 Å². The minimum absolute atomic E-state index is 0.0661. The van der Waals surface area contributed by atoms with Crippen molar-refractivity contribution in [2.45, 2.75) is 31.9 Å². The lowest BCUT2D eigenvalue weighted by atomic mass is 10.0. The average Bonchev–Trinajstić information content (AvgIpc) is 2.84. The number of aliphatic hydroxyl groups excluding tert-OH is 1. The van der Waals surface area contributed by atoms with Crippen LogP contribution in [-0.2, 0) is 24.1 Å². The third-order valence-corrected chi connectivity index (χ3v) is 3.61. The van der Waals surface area contributed by atoms with Gasteiger partial charge in [-0.15, -0.1) is 0 Å². The number of amides is 1. The molecule has 0 unspecified atom stereocenters. The van der Waals surface area contributed by atoms with Crippen LogP contribution < -0.4 is 0 Å². The fourth-order valence-corrected chi connectivity index (χ4v) is 2.65. The number of carbonyl (C=O) groups is 1. The molecule has 116 valence electrons. The smallest absolute Gasteiger partial charge is 0.395 e. The van der Waals surface area contributed by atoms with E-state index in [1.807, 2.05) is 12.1 Å². The first-order valence-electron chi connectivity index (χ1n) is 6.95. The monoisotopic (exact) mass is 301 g/mol. The Hall–Kier alpha value is -1.56. The third kappa shape index (κ3) is 4.46. The molecule has 1 aliphatic carbocycles. The highest BCUT2D eigenvalue weighted by Gasteiger charge is 2.32. The molecule has 0 spiro atoms. The van der Waals surface area contributed by atoms with Crippen LogP contribution in [0.2, 0.25) is 0 Å². The molecule has 3 nitrogen and oxygen atoms in total. The molecule has 0 aromatic heterocycles. The molecule has 0 fully saturated rings. The van der Waals surface area contributed by atoms with Crippen LogP contribution in [0.15, 0.2) is 18.2 Å². The van der Waals surface area contributed by atoms with Gasteiger partial charge in [-0.05, 0) is 36.0 Å². The molecule has 1 aromatic carbocycles. The van der Waals surface area contributed by atoms with Crippen molar-refractivity contribution < 1.29 is 23.1 Å². The van der Waals surface area contributed by atoms with Gasteiger partial charge in [-0.2, -0.15) is 13.2 Å². The molecule has 1 aliphatic rings. The van der Waals surface area contributed by atoms with Crippen molar-refractivity contribution in [3.63, 3.8) is 0 Å². The molecule has 0 saturated heterocycles. The highest BCUT2D eigenvalue weighted by Crippen LogP contribution is 2.23. The zero-order valence-corrected chi connectivity index (χ0v) is 11.6. The van der Waals surface area contributed by atoms with E-state index in [0.29, 0.717) is 4.90 Å². The Morgan fingerprint density at radius 2 is 1.95 bits per heavy atom. The first-order valence-corrected chi connectivity index (χ1v) is 6.95. The van der Waals surface area contributed by atoms with Gasteiger partial charge in [0.15, 0.2) is 0 Å². The van der Waals surface area contributed by atoms with Crippen LogP contribution in [0.5, 0.6) is 0 Å². The maximum Gasteiger partial charge on any atom is 0.406 e. The van der Waals surface area contributed by atoms with Gasteiger partial charge < -0.3 is 10.0 Å². The van der Waals surface area contributed by atoms with Crippen molar-refractivity contribution in [3.05, 3.63) is 34.9 Å². The van der Waals surface area contributed by atoms with Gasteiger partial charge in [0.1, 0.15) is 6.54 Å². The van der Waals surface area contributed by atoms with E-state index in [-0.39, 0.29) is 13.0 Å². The Morgan fingerprint density at radius 1 is 1.24 bits per heavy atom. The number of rotatable bonds is 5. The highest BCUT2D eigenvalue weighted by atomic mass is 19.4. The van der Waals surface area contributed by atoms with Gasteiger partial charge in [-0.3, -0.25) is 4.79 Å². The number of aliphatic hydroxyl groups is 1. The van der Waals surface area contributed by atoms with Crippen molar-refractivity contribution in [2.75, 3.05) is 19.7 Å². The molecule has 0 aliphatic heterocycles. The maximum atomic E-state index is 12.4. The van der Waals surface area contributed by atoms with E-state index in [1.165, 1.54) is 11.1 Å². The lowest BCUT2D eigenvalue weighted by Gasteiger charge is -2.23. The first kappa shape index (κ1) is 15.8. The second-order valence-corrected chi connectivity index (χ2v) is 5.29. The summed E-state index contributed by atoms with van der Waals surface area (Å²) in [5.74, 6) is -0.612. The van der Waals surface area contributed by atoms with Crippen molar-refractivity contribution in [1.29, 1.82) is 0 Å². The number of hydrogen-bond donors (Lipinski definition) is 1. The molecule has 1 amide bonds. The number of aryl methyl sites for hydroxylation is 2. The zero-order valence-electron chi connectivity index (χ0n) is 11.6. The van der Waals surface area contributed by atoms with Crippen LogP contribution in [0.4, 0.5) is 13.2 Å². The van der Waals surface area contributed by atoms with Crippen molar-refractivity contribution >= 4 is 5.91 Å². The van der Waals surface area contributed by atoms with E-state index < -0.39 is 25.2 Å². The molecular formula is C15H18F3NO2. The van der Waals surface area contributed by atoms with Crippen LogP contribution in [0.3, 0.4) is 0 Å². The normalized spacial score (nSPS) is 14.1. The van der Waals surface area contributed by atoms with Crippen LogP contribution in [0, 0.1) is 0 Å². The van der Waals surface area contributed by atoms with E-state index in [4.69, 9.17) is 5.11 Å². The quantitative estimate of drug-likeness (QED) is 0.905. The Kier molecular flexibility index (Phi) is 4.88. The summed E-state index contributed by atoms with van der Waals surface area (Å²) in [5, 5.41) is 8.81. The second-order valence-electron chi connectivity index (χ2n) is 5.29. The van der Waals surface area contributed by atoms with Gasteiger partial charge in [0.25, 0.3) is 0 Å². The molecule has 0 saturated carbocycles. The van der Waals surface area contributed by atoms with Crippen molar-refractivity contribution in [2.24, 2.45) is 0 Å². The lowest BCUT2D eigenvalue weighted by molar-refractivity contribution is -0.161. The van der Waals surface area contributed by atoms with Gasteiger partial charge in [0, 0.05) is 6.54 Å². The van der Waals surface area contributed by atoms with Crippen molar-refractivity contribution in [3.8, 4) is 0 Å². The third-order valence-electron chi connectivity index (χ3n) is 3.61. The van der Waals surface area contributed by atoms with E-state index in [1.54, 1.807) is 6.07 Å². The minimum Gasteiger partial charge on any atom is -0.395 e. The summed E-state index contributed by atoms with van der Waals surface area (Å²) >= 11 is 0. The van der Waals surface area contributed by atoms with Crippen LogP contribution >= 0.6 is 0 Å². The van der Waals surface area contributed by atoms with Crippen molar-refractivity contribution in [1.82, 2.24) is 4.90 Å². The lowest BCUT2D eigenvalue weighted by Crippen LogP contribution is -2.41. The molecule has 0 bridgehead atoms. The van der Waals surface area contributed by atoms with Crippen LogP contribution in [0.25, 0.3) is 0 Å². The Bertz CT molecular complexity index is 514. The van der Waals surface area contributed by atoms with Crippen LogP contribution in [0.1, 0.15) is 23.1 Å². The molecule has 0 heterocycles. The fraction of sp³-hybridized carbons (Fsp3) is 0.533. The predicted molar refractivity (Wildman–Crippen MR) is 71.9 cm³/mol. The number of hydrogen-bond acceptors (Lipinski definition) is 2. The Labute approximate surface area is 121 Å². The SMILES string of the molecule is O=C(Cc1ccc2c(c1)CCC2)N(CCO)CC(F)(F)F. The summed E-state index contributed by atoms with van der Waals surface area (Å²) in [6.07, 6.45) is -1.46. The molecule has 0 atom stereocenters. The topological polar surface area (TPSA) is 40.5 Å². The summed E-state index contributed by atoms with van der Waals surface area (Å²) in [5.41, 5.74) is 3.17. The average molecular weight is 301 g/mol. The van der Waals surface area contributed by atoms with E-state index in [0.717, 1.165) is 24.8 Å². The number of carbonyl (C=O) groups excluding carboxylic acids is 1. The molecule has 2 rings (SSSR count). The summed E-state index contributed by atoms with van der Waals surface area (Å²) < 4.78 is 37.3. The Morgan fingerprint density at radius 3 is 2.62 bits per heavy atom. The summed E-state index contributed by atoms with van der Waals surface area (Å²) in [4.78, 5) is 12.7. The van der Waals surface area contributed by atoms with Gasteiger partial charge in [0.2, 0.25) is 5.91 Å². The molecule has 1 N–H and O–H groups in total. The molecule has 0 radical (unpaired) electrons. The second kappa shape index (κ2) is 6.47. The number of benzene rings is 1. The van der Waals surface area contributed by atoms with E-state index in [9.17, 15) is 18.0 Å². The molecule has 21 heavy (non-hydrogen) atoms. The number of nitrogens with zero attached hydrogens (tertiary/aromatic N) is 1. The summed E-state index contributed by atoms with van der Waals surface area (Å²) in [6.45, 7) is -2.10. The van der Waals surface area contributed by atoms with E-state index >= 15 is 0 Å². The maximum absolute atomic E-state index is 12.4. The number of alkyl halides is 3. The van der Waals surface area contributed by atoms with Gasteiger partial charge >= 0.3 is 6.18 Å². The Balaban J connectivity index is 2.04. The van der Waals surface area contributed by atoms with Gasteiger partial charge in [-0.25, -0.2) is 0 Å². The minimum atomic E-state index is -4.46. The van der Waals surface area contributed by atoms with Gasteiger partial charge in [-0.1, -0.05) is 18.2 Å². The standard InChI is InChI=1S/C15H18F3NO2/c16-15(17,18)10-19(6-7-20)14(21)9-11-4-5-12-2-1-3-13(12)8-11/h4-5,8,20H,1-3,6-7,9-10H2. The largest absolute Gasteiger partial charge is 0.406 e. The molecule has 6 heteroatoms. The molecular weight excluding hydrogens is 283 g/mol. The van der Waals surface area contributed by atoms with Gasteiger partial charge in [0.05, 0.1) is 13.0 Å². The number of fused-ring (bicyclic) bond motifs is 1.